The van der Waals surface area contributed by atoms with Crippen molar-refractivity contribution in [1.29, 1.82) is 0 Å². The van der Waals surface area contributed by atoms with E-state index in [1.807, 2.05) is 0 Å². The first-order valence-corrected chi connectivity index (χ1v) is 10.7. The number of aromatic nitrogens is 2. The molecule has 3 heterocycles. The van der Waals surface area contributed by atoms with E-state index in [2.05, 4.69) is 4.98 Å². The summed E-state index contributed by atoms with van der Waals surface area (Å²) in [5, 5.41) is 9.81. The van der Waals surface area contributed by atoms with Gasteiger partial charge >= 0.3 is 0 Å². The number of hydrogen-bond donors (Lipinski definition) is 2. The van der Waals surface area contributed by atoms with Crippen molar-refractivity contribution < 1.29 is 32.2 Å². The van der Waals surface area contributed by atoms with Crippen LogP contribution < -0.4 is 5.56 Å². The number of likely N-dealkylation sites (N-methyl/N-ethyl adjacent to an activating group) is 1. The van der Waals surface area contributed by atoms with Crippen LogP contribution in [0.15, 0.2) is 35.1 Å². The number of benzene rings is 2. The second-order valence-electron chi connectivity index (χ2n) is 8.34. The Bertz CT molecular complexity index is 1520. The van der Waals surface area contributed by atoms with Crippen molar-refractivity contribution in [1.82, 2.24) is 14.5 Å². The zero-order valence-corrected chi connectivity index (χ0v) is 18.4. The smallest absolute Gasteiger partial charge is 0.270 e. The third-order valence-electron chi connectivity index (χ3n) is 6.31. The van der Waals surface area contributed by atoms with Gasteiger partial charge in [-0.15, -0.1) is 0 Å². The number of aliphatic hydroxyl groups is 1. The lowest BCUT2D eigenvalue weighted by atomic mass is 9.94. The van der Waals surface area contributed by atoms with Crippen LogP contribution in [0.1, 0.15) is 27.8 Å². The lowest BCUT2D eigenvalue weighted by Gasteiger charge is -2.35. The Balaban J connectivity index is 1.66. The Morgan fingerprint density at radius 2 is 1.74 bits per heavy atom. The molecule has 182 valence electrons. The molecule has 2 N–H and O–H groups in total. The van der Waals surface area contributed by atoms with E-state index in [0.29, 0.717) is 16.6 Å². The van der Waals surface area contributed by atoms with E-state index >= 15 is 0 Å². The molecule has 0 radical (unpaired) electrons. The highest BCUT2D eigenvalue weighted by Crippen LogP contribution is 2.35. The molecule has 7 nitrogen and oxygen atoms in total. The van der Waals surface area contributed by atoms with Crippen molar-refractivity contribution in [3.63, 3.8) is 0 Å². The van der Waals surface area contributed by atoms with Crippen LogP contribution in [-0.4, -0.2) is 45.7 Å². The minimum absolute atomic E-state index is 0.00977. The van der Waals surface area contributed by atoms with Crippen LogP contribution in [0.25, 0.3) is 21.7 Å². The Kier molecular flexibility index (Phi) is 5.60. The molecule has 0 saturated heterocycles. The summed E-state index contributed by atoms with van der Waals surface area (Å²) in [5.41, 5.74) is 0.372. The Labute approximate surface area is 195 Å². The lowest BCUT2D eigenvalue weighted by Crippen LogP contribution is -2.39. The maximum Gasteiger partial charge on any atom is 0.270 e. The Morgan fingerprint density at radius 3 is 2.46 bits per heavy atom. The van der Waals surface area contributed by atoms with Crippen LogP contribution in [0.2, 0.25) is 0 Å². The number of ether oxygens (including phenoxy) is 1. The number of amides is 1. The number of carbonyl (C=O) groups excluding carboxylic acids is 1. The van der Waals surface area contributed by atoms with Crippen LogP contribution in [0.4, 0.5) is 17.6 Å². The third-order valence-corrected chi connectivity index (χ3v) is 6.31. The number of halogens is 4. The molecule has 5 rings (SSSR count). The number of nitrogens with one attached hydrogen (secondary N) is 1. The number of hydrogen-bond acceptors (Lipinski definition) is 4. The van der Waals surface area contributed by atoms with E-state index in [4.69, 9.17) is 4.74 Å². The van der Waals surface area contributed by atoms with E-state index < -0.39 is 40.8 Å². The van der Waals surface area contributed by atoms with Gasteiger partial charge in [0.25, 0.3) is 11.5 Å². The second-order valence-corrected chi connectivity index (χ2v) is 8.34. The van der Waals surface area contributed by atoms with Crippen molar-refractivity contribution in [2.75, 3.05) is 20.3 Å². The summed E-state index contributed by atoms with van der Waals surface area (Å²) in [7, 11) is 1.46. The highest BCUT2D eigenvalue weighted by molar-refractivity contribution is 5.98. The minimum atomic E-state index is -1.20. The monoisotopic (exact) mass is 489 g/mol. The van der Waals surface area contributed by atoms with Gasteiger partial charge in [0.1, 0.15) is 5.69 Å². The van der Waals surface area contributed by atoms with Crippen LogP contribution in [-0.2, 0) is 17.9 Å². The summed E-state index contributed by atoms with van der Waals surface area (Å²) < 4.78 is 62.3. The zero-order valence-electron chi connectivity index (χ0n) is 18.4. The standard InChI is InChI=1S/C24H19F4N3O4/c1-30(24(34)19-5-11-4-14(25)17(28)8-18(11)29-19)20-9-35-10-21-22(20)12-6-15(26)16(27)7-13(12)23(33)31(21)2-3-32/h4-8,20,29,32H,2-3,9-10H2,1H3. The normalized spacial score (nSPS) is 15.5. The molecule has 1 aliphatic rings. The van der Waals surface area contributed by atoms with Gasteiger partial charge in [0.2, 0.25) is 0 Å². The summed E-state index contributed by atoms with van der Waals surface area (Å²) in [6.45, 7) is -0.542. The summed E-state index contributed by atoms with van der Waals surface area (Å²) in [6.07, 6.45) is 0. The predicted molar refractivity (Wildman–Crippen MR) is 118 cm³/mol. The van der Waals surface area contributed by atoms with Gasteiger partial charge in [0.05, 0.1) is 36.9 Å². The molecule has 2 aromatic heterocycles. The zero-order chi connectivity index (χ0) is 25.0. The van der Waals surface area contributed by atoms with E-state index in [1.165, 1.54) is 22.6 Å². The van der Waals surface area contributed by atoms with Crippen LogP contribution >= 0.6 is 0 Å². The molecule has 1 unspecified atom stereocenters. The number of H-pyrrole nitrogens is 1. The van der Waals surface area contributed by atoms with Gasteiger partial charge in [-0.2, -0.15) is 0 Å². The van der Waals surface area contributed by atoms with Crippen LogP contribution in [0.5, 0.6) is 0 Å². The molecule has 1 aliphatic heterocycles. The first kappa shape index (κ1) is 23.1. The Morgan fingerprint density at radius 1 is 1.09 bits per heavy atom. The molecule has 0 bridgehead atoms. The average molecular weight is 489 g/mol. The van der Waals surface area contributed by atoms with Gasteiger partial charge in [-0.05, 0) is 29.7 Å². The summed E-state index contributed by atoms with van der Waals surface area (Å²) in [6, 6.07) is 4.19. The van der Waals surface area contributed by atoms with Crippen LogP contribution in [0, 0.1) is 23.3 Å². The quantitative estimate of drug-likeness (QED) is 0.431. The molecule has 0 fully saturated rings. The second kappa shape index (κ2) is 8.51. The third kappa shape index (κ3) is 3.67. The molecule has 2 aromatic carbocycles. The first-order valence-electron chi connectivity index (χ1n) is 10.7. The SMILES string of the molecule is CN(C(=O)c1cc2cc(F)c(F)cc2[nH]1)C1COCc2c1c1cc(F)c(F)cc1c(=O)n2CCO. The molecule has 1 atom stereocenters. The van der Waals surface area contributed by atoms with Crippen molar-refractivity contribution in [2.45, 2.75) is 19.2 Å². The molecular weight excluding hydrogens is 470 g/mol. The van der Waals surface area contributed by atoms with Gasteiger partial charge in [0, 0.05) is 36.1 Å². The van der Waals surface area contributed by atoms with Crippen LogP contribution in [0.3, 0.4) is 0 Å². The number of fused-ring (bicyclic) bond motifs is 4. The lowest BCUT2D eigenvalue weighted by molar-refractivity contribution is 0.0312. The topological polar surface area (TPSA) is 87.6 Å². The molecule has 35 heavy (non-hydrogen) atoms. The van der Waals surface area contributed by atoms with Gasteiger partial charge in [0.15, 0.2) is 23.3 Å². The maximum absolute atomic E-state index is 14.2. The van der Waals surface area contributed by atoms with Gasteiger partial charge in [-0.3, -0.25) is 9.59 Å². The highest BCUT2D eigenvalue weighted by Gasteiger charge is 2.33. The first-order chi connectivity index (χ1) is 16.7. The minimum Gasteiger partial charge on any atom is -0.395 e. The Hall–Kier alpha value is -3.70. The molecule has 11 heteroatoms. The summed E-state index contributed by atoms with van der Waals surface area (Å²) >= 11 is 0. The molecular formula is C24H19F4N3O4. The van der Waals surface area contributed by atoms with Crippen molar-refractivity contribution >= 4 is 27.6 Å². The number of carbonyl (C=O) groups is 1. The fourth-order valence-corrected chi connectivity index (χ4v) is 4.61. The number of nitrogens with zero attached hydrogens (tertiary/aromatic N) is 2. The molecule has 4 aromatic rings. The number of rotatable bonds is 4. The summed E-state index contributed by atoms with van der Waals surface area (Å²) in [5.74, 6) is -5.03. The number of aliphatic hydroxyl groups excluding tert-OH is 1. The van der Waals surface area contributed by atoms with E-state index in [9.17, 15) is 32.3 Å². The molecule has 0 spiro atoms. The number of pyridine rings is 1. The van der Waals surface area contributed by atoms with Crippen molar-refractivity contribution in [2.24, 2.45) is 0 Å². The van der Waals surface area contributed by atoms with E-state index in [-0.39, 0.29) is 48.3 Å². The fraction of sp³-hybridized carbons (Fsp3) is 0.250. The largest absolute Gasteiger partial charge is 0.395 e. The summed E-state index contributed by atoms with van der Waals surface area (Å²) in [4.78, 5) is 30.4. The average Bonchev–Trinajstić information content (AvgIpc) is 3.24. The molecule has 0 aliphatic carbocycles. The van der Waals surface area contributed by atoms with Crippen molar-refractivity contribution in [3.05, 3.63) is 80.9 Å². The fourth-order valence-electron chi connectivity index (χ4n) is 4.61. The van der Waals surface area contributed by atoms with Gasteiger partial charge < -0.3 is 24.3 Å². The van der Waals surface area contributed by atoms with Crippen molar-refractivity contribution in [3.8, 4) is 0 Å². The molecule has 0 saturated carbocycles. The maximum atomic E-state index is 14.2. The highest BCUT2D eigenvalue weighted by atomic mass is 19.2. The van der Waals surface area contributed by atoms with Gasteiger partial charge in [-0.25, -0.2) is 17.6 Å². The predicted octanol–water partition coefficient (Wildman–Crippen LogP) is 3.38. The molecule has 1 amide bonds. The van der Waals surface area contributed by atoms with E-state index in [0.717, 1.165) is 24.3 Å². The van der Waals surface area contributed by atoms with Gasteiger partial charge in [-0.1, -0.05) is 0 Å². The van der Waals surface area contributed by atoms with E-state index in [1.54, 1.807) is 0 Å². The number of aromatic amines is 1.